The van der Waals surface area contributed by atoms with Crippen LogP contribution in [0.5, 0.6) is 0 Å². The molecule has 1 N–H and O–H groups in total. The number of rotatable bonds is 6. The van der Waals surface area contributed by atoms with Crippen LogP contribution in [0.15, 0.2) is 64.9 Å². The van der Waals surface area contributed by atoms with E-state index in [0.717, 1.165) is 28.8 Å². The Morgan fingerprint density at radius 2 is 1.77 bits per heavy atom. The topological polar surface area (TPSA) is 66.5 Å². The number of hydrogen-bond acceptors (Lipinski definition) is 4. The number of hydrogen-bond donors (Lipinski definition) is 1. The third-order valence-electron chi connectivity index (χ3n) is 5.22. The lowest BCUT2D eigenvalue weighted by Crippen LogP contribution is -2.27. The summed E-state index contributed by atoms with van der Waals surface area (Å²) in [4.78, 5) is 13.4. The number of thiophene rings is 1. The monoisotopic (exact) mass is 440 g/mol. The van der Waals surface area contributed by atoms with Gasteiger partial charge in [-0.15, -0.1) is 11.3 Å². The van der Waals surface area contributed by atoms with Crippen molar-refractivity contribution in [3.8, 4) is 10.4 Å². The first-order valence-electron chi connectivity index (χ1n) is 9.98. The van der Waals surface area contributed by atoms with Crippen LogP contribution in [0, 0.1) is 6.92 Å². The van der Waals surface area contributed by atoms with Gasteiger partial charge in [-0.05, 0) is 55.2 Å². The van der Waals surface area contributed by atoms with Crippen LogP contribution in [-0.2, 0) is 16.6 Å². The lowest BCUT2D eigenvalue weighted by Gasteiger charge is -2.13. The molecule has 0 atom stereocenters. The van der Waals surface area contributed by atoms with E-state index in [9.17, 15) is 13.2 Å². The molecule has 1 amide bonds. The smallest absolute Gasteiger partial charge is 0.252 e. The van der Waals surface area contributed by atoms with Gasteiger partial charge in [0.1, 0.15) is 4.21 Å². The van der Waals surface area contributed by atoms with Crippen LogP contribution >= 0.6 is 11.3 Å². The lowest BCUT2D eigenvalue weighted by atomic mass is 10.1. The van der Waals surface area contributed by atoms with Crippen molar-refractivity contribution in [2.24, 2.45) is 0 Å². The van der Waals surface area contributed by atoms with E-state index in [2.05, 4.69) is 5.32 Å². The van der Waals surface area contributed by atoms with Gasteiger partial charge >= 0.3 is 0 Å². The van der Waals surface area contributed by atoms with Crippen LogP contribution in [0.2, 0.25) is 0 Å². The van der Waals surface area contributed by atoms with Crippen molar-refractivity contribution in [3.63, 3.8) is 0 Å². The number of nitrogens with one attached hydrogen (secondary N) is 1. The summed E-state index contributed by atoms with van der Waals surface area (Å²) in [5, 5.41) is 2.94. The highest BCUT2D eigenvalue weighted by atomic mass is 32.2. The Labute approximate surface area is 181 Å². The molecule has 0 aliphatic carbocycles. The summed E-state index contributed by atoms with van der Waals surface area (Å²) in [5.41, 5.74) is 3.61. The Kier molecular flexibility index (Phi) is 6.04. The molecule has 0 saturated carbocycles. The molecule has 1 fully saturated rings. The minimum Gasteiger partial charge on any atom is -0.348 e. The summed E-state index contributed by atoms with van der Waals surface area (Å²) in [6, 6.07) is 18.8. The van der Waals surface area contributed by atoms with Crippen LogP contribution in [0.4, 0.5) is 0 Å². The average Bonchev–Trinajstić information content (AvgIpc) is 3.46. The van der Waals surface area contributed by atoms with E-state index in [1.807, 2.05) is 55.5 Å². The molecule has 0 unspecified atom stereocenters. The summed E-state index contributed by atoms with van der Waals surface area (Å²) < 4.78 is 27.4. The molecule has 30 heavy (non-hydrogen) atoms. The Morgan fingerprint density at radius 1 is 1.03 bits per heavy atom. The summed E-state index contributed by atoms with van der Waals surface area (Å²) in [5.74, 6) is -0.154. The van der Waals surface area contributed by atoms with Gasteiger partial charge in [0.05, 0.1) is 0 Å². The summed E-state index contributed by atoms with van der Waals surface area (Å²) in [7, 11) is -3.42. The quantitative estimate of drug-likeness (QED) is 0.616. The number of carbonyl (C=O) groups is 1. The predicted octanol–water partition coefficient (Wildman–Crippen LogP) is 4.44. The molecule has 0 radical (unpaired) electrons. The Balaban J connectivity index is 1.48. The fourth-order valence-electron chi connectivity index (χ4n) is 3.47. The van der Waals surface area contributed by atoms with Crippen molar-refractivity contribution in [3.05, 3.63) is 77.4 Å². The molecule has 156 valence electrons. The van der Waals surface area contributed by atoms with Crippen LogP contribution in [0.3, 0.4) is 0 Å². The van der Waals surface area contributed by atoms with E-state index in [0.29, 0.717) is 29.4 Å². The third kappa shape index (κ3) is 4.48. The number of sulfonamides is 1. The first kappa shape index (κ1) is 20.8. The van der Waals surface area contributed by atoms with Crippen molar-refractivity contribution >= 4 is 27.3 Å². The Bertz CT molecular complexity index is 1150. The van der Waals surface area contributed by atoms with Crippen LogP contribution < -0.4 is 5.32 Å². The van der Waals surface area contributed by atoms with Crippen LogP contribution in [0.1, 0.15) is 34.3 Å². The number of benzene rings is 2. The van der Waals surface area contributed by atoms with Crippen molar-refractivity contribution in [2.75, 3.05) is 13.1 Å². The fraction of sp³-hybridized carbons (Fsp3) is 0.261. The molecule has 1 saturated heterocycles. The minimum atomic E-state index is -3.42. The van der Waals surface area contributed by atoms with Crippen molar-refractivity contribution in [1.82, 2.24) is 9.62 Å². The van der Waals surface area contributed by atoms with E-state index in [4.69, 9.17) is 0 Å². The molecule has 7 heteroatoms. The van der Waals surface area contributed by atoms with Crippen molar-refractivity contribution < 1.29 is 13.2 Å². The third-order valence-corrected chi connectivity index (χ3v) is 8.72. The molecule has 3 aromatic rings. The molecule has 0 spiro atoms. The van der Waals surface area contributed by atoms with Gasteiger partial charge in [0.2, 0.25) is 0 Å². The van der Waals surface area contributed by atoms with Gasteiger partial charge in [-0.3, -0.25) is 4.79 Å². The summed E-state index contributed by atoms with van der Waals surface area (Å²) in [6.45, 7) is 3.67. The molecule has 1 aromatic heterocycles. The molecule has 2 heterocycles. The first-order chi connectivity index (χ1) is 14.4. The zero-order valence-corrected chi connectivity index (χ0v) is 18.4. The normalized spacial score (nSPS) is 14.7. The van der Waals surface area contributed by atoms with E-state index in [-0.39, 0.29) is 5.91 Å². The number of nitrogens with zero attached hydrogens (tertiary/aromatic N) is 1. The SMILES string of the molecule is Cc1ccc(CNC(=O)c2cccc(-c3ccc(S(=O)(=O)N4CCCC4)s3)c2)cc1. The van der Waals surface area contributed by atoms with Crippen molar-refractivity contribution in [2.45, 2.75) is 30.5 Å². The number of carbonyl (C=O) groups excluding carboxylic acids is 1. The standard InChI is InChI=1S/C23H24N2O3S2/c1-17-7-9-18(10-8-17)16-24-23(26)20-6-4-5-19(15-20)21-11-12-22(29-21)30(27,28)25-13-2-3-14-25/h4-12,15H,2-3,13-14,16H2,1H3,(H,24,26). The largest absolute Gasteiger partial charge is 0.348 e. The highest BCUT2D eigenvalue weighted by molar-refractivity contribution is 7.91. The molecule has 1 aliphatic rings. The molecular formula is C23H24N2O3S2. The highest BCUT2D eigenvalue weighted by Crippen LogP contribution is 2.33. The Hall–Kier alpha value is -2.48. The van der Waals surface area contributed by atoms with Crippen LogP contribution in [-0.4, -0.2) is 31.7 Å². The maximum absolute atomic E-state index is 12.8. The van der Waals surface area contributed by atoms with Crippen molar-refractivity contribution in [1.29, 1.82) is 0 Å². The average molecular weight is 441 g/mol. The molecule has 5 nitrogen and oxygen atoms in total. The molecule has 4 rings (SSSR count). The second-order valence-electron chi connectivity index (χ2n) is 7.48. The van der Waals surface area contributed by atoms with Gasteiger partial charge in [0, 0.05) is 30.1 Å². The van der Waals surface area contributed by atoms with E-state index < -0.39 is 10.0 Å². The zero-order valence-electron chi connectivity index (χ0n) is 16.8. The Morgan fingerprint density at radius 3 is 2.50 bits per heavy atom. The molecule has 2 aromatic carbocycles. The predicted molar refractivity (Wildman–Crippen MR) is 120 cm³/mol. The maximum Gasteiger partial charge on any atom is 0.252 e. The molecular weight excluding hydrogens is 416 g/mol. The van der Waals surface area contributed by atoms with Crippen LogP contribution in [0.25, 0.3) is 10.4 Å². The minimum absolute atomic E-state index is 0.154. The fourth-order valence-corrected chi connectivity index (χ4v) is 6.45. The number of amides is 1. The second-order valence-corrected chi connectivity index (χ2v) is 10.7. The second kappa shape index (κ2) is 8.71. The van der Waals surface area contributed by atoms with Gasteiger partial charge in [0.25, 0.3) is 15.9 Å². The number of aryl methyl sites for hydroxylation is 1. The van der Waals surface area contributed by atoms with Gasteiger partial charge in [-0.25, -0.2) is 8.42 Å². The first-order valence-corrected chi connectivity index (χ1v) is 12.2. The van der Waals surface area contributed by atoms with Gasteiger partial charge < -0.3 is 5.32 Å². The van der Waals surface area contributed by atoms with Gasteiger partial charge in [-0.1, -0.05) is 42.0 Å². The van der Waals surface area contributed by atoms with Gasteiger partial charge in [-0.2, -0.15) is 4.31 Å². The summed E-state index contributed by atoms with van der Waals surface area (Å²) >= 11 is 1.25. The van der Waals surface area contributed by atoms with E-state index >= 15 is 0 Å². The zero-order chi connectivity index (χ0) is 21.1. The van der Waals surface area contributed by atoms with Gasteiger partial charge in [0.15, 0.2) is 0 Å². The maximum atomic E-state index is 12.8. The molecule has 0 bridgehead atoms. The van der Waals surface area contributed by atoms with E-state index in [1.165, 1.54) is 16.9 Å². The molecule has 1 aliphatic heterocycles. The van der Waals surface area contributed by atoms with E-state index in [1.54, 1.807) is 16.4 Å². The highest BCUT2D eigenvalue weighted by Gasteiger charge is 2.28. The summed E-state index contributed by atoms with van der Waals surface area (Å²) in [6.07, 6.45) is 1.83. The lowest BCUT2D eigenvalue weighted by molar-refractivity contribution is 0.0951.